The number of carbonyl (C=O) groups excluding carboxylic acids is 2. The molecular weight excluding hydrogens is 260 g/mol. The number of ether oxygens (including phenoxy) is 2. The molecule has 0 unspecified atom stereocenters. The fraction of sp³-hybridized carbons (Fsp3) is 0.857. The molecule has 2 fully saturated rings. The molecule has 0 N–H and O–H groups in total. The van der Waals surface area contributed by atoms with Crippen molar-refractivity contribution in [2.24, 2.45) is 10.2 Å². The Balaban J connectivity index is 2.13. The van der Waals surface area contributed by atoms with Crippen LogP contribution in [0.3, 0.4) is 0 Å². The minimum absolute atomic E-state index is 0.443. The highest BCUT2D eigenvalue weighted by atomic mass is 16.6. The number of carbonyl (C=O) groups is 2. The second-order valence-corrected chi connectivity index (χ2v) is 5.64. The monoisotopic (exact) mass is 282 g/mol. The molecule has 0 amide bonds. The smallest absolute Gasteiger partial charge is 0.295 e. The Morgan fingerprint density at radius 2 is 1.00 bits per heavy atom. The summed E-state index contributed by atoms with van der Waals surface area (Å²) in [6, 6.07) is 0. The fourth-order valence-electron chi connectivity index (χ4n) is 3.05. The Bertz CT molecular complexity index is 324. The highest BCUT2D eigenvalue weighted by Crippen LogP contribution is 2.37. The molecule has 0 aromatic rings. The summed E-state index contributed by atoms with van der Waals surface area (Å²) in [4.78, 5) is 21.4. The van der Waals surface area contributed by atoms with E-state index in [0.29, 0.717) is 38.6 Å². The van der Waals surface area contributed by atoms with Crippen molar-refractivity contribution in [3.8, 4) is 0 Å². The molecule has 2 aliphatic carbocycles. The number of hydrogen-bond donors (Lipinski definition) is 0. The highest BCUT2D eigenvalue weighted by Gasteiger charge is 2.38. The summed E-state index contributed by atoms with van der Waals surface area (Å²) in [6.45, 7) is 0.886. The van der Waals surface area contributed by atoms with E-state index in [-0.39, 0.29) is 0 Å². The summed E-state index contributed by atoms with van der Waals surface area (Å²) in [7, 11) is 0. The van der Waals surface area contributed by atoms with Crippen molar-refractivity contribution in [3.05, 3.63) is 0 Å². The van der Waals surface area contributed by atoms with Crippen LogP contribution < -0.4 is 0 Å². The second kappa shape index (κ2) is 6.81. The second-order valence-electron chi connectivity index (χ2n) is 5.64. The van der Waals surface area contributed by atoms with Gasteiger partial charge in [-0.25, -0.2) is 0 Å². The lowest BCUT2D eigenvalue weighted by Gasteiger charge is -2.34. The van der Waals surface area contributed by atoms with Gasteiger partial charge in [-0.3, -0.25) is 9.59 Å². The van der Waals surface area contributed by atoms with Crippen LogP contribution in [0, 0.1) is 0 Å². The van der Waals surface area contributed by atoms with E-state index < -0.39 is 11.4 Å². The maximum Gasteiger partial charge on any atom is 0.295 e. The van der Waals surface area contributed by atoms with Crippen LogP contribution >= 0.6 is 0 Å². The van der Waals surface area contributed by atoms with Crippen molar-refractivity contribution in [1.29, 1.82) is 0 Å². The topological polar surface area (TPSA) is 77.3 Å². The lowest BCUT2D eigenvalue weighted by molar-refractivity contribution is -0.153. The first-order valence-electron chi connectivity index (χ1n) is 7.41. The van der Waals surface area contributed by atoms with Gasteiger partial charge in [0, 0.05) is 25.7 Å². The summed E-state index contributed by atoms with van der Waals surface area (Å²) in [5.41, 5.74) is -1.70. The summed E-state index contributed by atoms with van der Waals surface area (Å²) in [6.07, 6.45) is 8.86. The lowest BCUT2D eigenvalue weighted by Crippen LogP contribution is -2.36. The zero-order chi connectivity index (χ0) is 14.3. The van der Waals surface area contributed by atoms with Crippen LogP contribution in [0.2, 0.25) is 0 Å². The Morgan fingerprint density at radius 1 is 0.650 bits per heavy atom. The van der Waals surface area contributed by atoms with E-state index in [2.05, 4.69) is 10.2 Å². The number of rotatable bonds is 6. The quantitative estimate of drug-likeness (QED) is 0.554. The predicted octanol–water partition coefficient (Wildman–Crippen LogP) is 3.11. The van der Waals surface area contributed by atoms with Crippen molar-refractivity contribution in [3.63, 3.8) is 0 Å². The molecule has 0 spiro atoms. The van der Waals surface area contributed by atoms with Crippen molar-refractivity contribution in [1.82, 2.24) is 0 Å². The molecule has 0 saturated heterocycles. The molecule has 2 aliphatic rings. The van der Waals surface area contributed by atoms with E-state index in [1.54, 1.807) is 0 Å². The maximum absolute atomic E-state index is 10.7. The largest absolute Gasteiger partial charge is 0.438 e. The van der Waals surface area contributed by atoms with E-state index in [0.717, 1.165) is 38.5 Å². The van der Waals surface area contributed by atoms with Crippen LogP contribution in [0.25, 0.3) is 0 Å². The molecule has 0 aromatic carbocycles. The first kappa shape index (κ1) is 14.9. The van der Waals surface area contributed by atoms with Gasteiger partial charge in [-0.1, -0.05) is 12.8 Å². The van der Waals surface area contributed by atoms with Crippen molar-refractivity contribution in [2.75, 3.05) is 0 Å². The molecule has 0 atom stereocenters. The van der Waals surface area contributed by atoms with Gasteiger partial charge in [0.15, 0.2) is 0 Å². The van der Waals surface area contributed by atoms with Crippen molar-refractivity contribution in [2.45, 2.75) is 75.7 Å². The molecule has 0 aromatic heterocycles. The van der Waals surface area contributed by atoms with Gasteiger partial charge in [0.1, 0.15) is 0 Å². The van der Waals surface area contributed by atoms with Gasteiger partial charge >= 0.3 is 0 Å². The first-order chi connectivity index (χ1) is 9.74. The molecule has 6 nitrogen and oxygen atoms in total. The number of azo groups is 1. The molecule has 0 heterocycles. The summed E-state index contributed by atoms with van der Waals surface area (Å²) in [5.74, 6) is 0. The number of nitrogens with zero attached hydrogens (tertiary/aromatic N) is 2. The molecule has 20 heavy (non-hydrogen) atoms. The zero-order valence-electron chi connectivity index (χ0n) is 11.8. The van der Waals surface area contributed by atoms with Crippen molar-refractivity contribution >= 4 is 12.9 Å². The fourth-order valence-corrected chi connectivity index (χ4v) is 3.05. The Hall–Kier alpha value is -1.46. The molecule has 2 rings (SSSR count). The van der Waals surface area contributed by atoms with Gasteiger partial charge in [-0.15, -0.1) is 10.2 Å². The average molecular weight is 282 g/mol. The minimum atomic E-state index is -0.851. The Kier molecular flexibility index (Phi) is 5.09. The molecule has 0 radical (unpaired) electrons. The predicted molar refractivity (Wildman–Crippen MR) is 70.8 cm³/mol. The van der Waals surface area contributed by atoms with E-state index in [1.165, 1.54) is 0 Å². The number of hydrogen-bond acceptors (Lipinski definition) is 6. The molecule has 0 aliphatic heterocycles. The third-order valence-electron chi connectivity index (χ3n) is 4.22. The molecule has 112 valence electrons. The van der Waals surface area contributed by atoms with E-state index in [4.69, 9.17) is 9.47 Å². The van der Waals surface area contributed by atoms with Crippen LogP contribution in [0.5, 0.6) is 0 Å². The normalized spacial score (nSPS) is 25.0. The Labute approximate surface area is 118 Å². The van der Waals surface area contributed by atoms with Crippen LogP contribution in [0.15, 0.2) is 10.2 Å². The molecule has 2 saturated carbocycles. The molecular formula is C14H22N2O4. The molecule has 6 heteroatoms. The molecule has 0 bridgehead atoms. The Morgan fingerprint density at radius 3 is 1.30 bits per heavy atom. The van der Waals surface area contributed by atoms with Crippen LogP contribution in [-0.2, 0) is 19.1 Å². The van der Waals surface area contributed by atoms with E-state index >= 15 is 0 Å². The standard InChI is InChI=1S/C14H22N2O4/c17-11-19-13(7-3-1-4-8-13)15-16-14(20-12-18)9-5-2-6-10-14/h11-12H,1-10H2. The van der Waals surface area contributed by atoms with Gasteiger partial charge in [-0.05, 0) is 25.7 Å². The van der Waals surface area contributed by atoms with Gasteiger partial charge in [0.2, 0.25) is 11.4 Å². The average Bonchev–Trinajstić information content (AvgIpc) is 2.48. The van der Waals surface area contributed by atoms with Crippen molar-refractivity contribution < 1.29 is 19.1 Å². The van der Waals surface area contributed by atoms with E-state index in [1.807, 2.05) is 0 Å². The van der Waals surface area contributed by atoms with Gasteiger partial charge in [0.05, 0.1) is 0 Å². The lowest BCUT2D eigenvalue weighted by atomic mass is 9.91. The third-order valence-corrected chi connectivity index (χ3v) is 4.22. The maximum atomic E-state index is 10.7. The minimum Gasteiger partial charge on any atom is -0.438 e. The van der Waals surface area contributed by atoms with Gasteiger partial charge < -0.3 is 9.47 Å². The highest BCUT2D eigenvalue weighted by molar-refractivity contribution is 5.39. The van der Waals surface area contributed by atoms with E-state index in [9.17, 15) is 9.59 Å². The van der Waals surface area contributed by atoms with Crippen LogP contribution in [0.4, 0.5) is 0 Å². The zero-order valence-corrected chi connectivity index (χ0v) is 11.8. The van der Waals surface area contributed by atoms with Crippen LogP contribution in [0.1, 0.15) is 64.2 Å². The van der Waals surface area contributed by atoms with Gasteiger partial charge in [0.25, 0.3) is 12.9 Å². The summed E-state index contributed by atoms with van der Waals surface area (Å²) < 4.78 is 10.4. The summed E-state index contributed by atoms with van der Waals surface area (Å²) >= 11 is 0. The van der Waals surface area contributed by atoms with Crippen LogP contribution in [-0.4, -0.2) is 24.4 Å². The first-order valence-corrected chi connectivity index (χ1v) is 7.41. The van der Waals surface area contributed by atoms with Gasteiger partial charge in [-0.2, -0.15) is 0 Å². The summed E-state index contributed by atoms with van der Waals surface area (Å²) in [5, 5.41) is 8.61. The SMILES string of the molecule is O=COC1(N=NC2(OC=O)CCCCC2)CCCCC1. The third kappa shape index (κ3) is 3.55.